The topological polar surface area (TPSA) is 65.6 Å². The van der Waals surface area contributed by atoms with E-state index in [2.05, 4.69) is 23.2 Å². The van der Waals surface area contributed by atoms with E-state index in [1.165, 1.54) is 22.7 Å². The van der Waals surface area contributed by atoms with E-state index in [-0.39, 0.29) is 29.6 Å². The van der Waals surface area contributed by atoms with Gasteiger partial charge in [0.2, 0.25) is 5.91 Å². The number of carbonyl (C=O) groups is 2. The molecule has 2 aromatic rings. The Morgan fingerprint density at radius 1 is 1.10 bits per heavy atom. The number of benzene rings is 1. The minimum Gasteiger partial charge on any atom is -0.497 e. The summed E-state index contributed by atoms with van der Waals surface area (Å²) >= 11 is 0. The third kappa shape index (κ3) is 2.88. The quantitative estimate of drug-likeness (QED) is 0.789. The van der Waals surface area contributed by atoms with Gasteiger partial charge in [0, 0.05) is 37.8 Å². The van der Waals surface area contributed by atoms with Crippen molar-refractivity contribution in [3.63, 3.8) is 0 Å². The number of hydrazine groups is 1. The van der Waals surface area contributed by atoms with Crippen LogP contribution in [0.1, 0.15) is 60.0 Å². The molecule has 3 aliphatic rings. The van der Waals surface area contributed by atoms with Crippen LogP contribution in [-0.4, -0.2) is 48.0 Å². The van der Waals surface area contributed by atoms with Crippen LogP contribution >= 0.6 is 0 Å². The van der Waals surface area contributed by atoms with Crippen molar-refractivity contribution in [3.05, 3.63) is 52.8 Å². The maximum absolute atomic E-state index is 13.3. The van der Waals surface area contributed by atoms with E-state index in [0.717, 1.165) is 42.7 Å². The van der Waals surface area contributed by atoms with Crippen molar-refractivity contribution in [1.29, 1.82) is 0 Å². The van der Waals surface area contributed by atoms with Crippen molar-refractivity contribution < 1.29 is 14.3 Å². The second-order valence-corrected chi connectivity index (χ2v) is 9.08. The van der Waals surface area contributed by atoms with Gasteiger partial charge >= 0.3 is 0 Å². The molecule has 0 spiro atoms. The Hall–Kier alpha value is -2.60. The van der Waals surface area contributed by atoms with E-state index in [9.17, 15) is 9.59 Å². The predicted octanol–water partition coefficient (Wildman–Crippen LogP) is 3.45. The van der Waals surface area contributed by atoms with Gasteiger partial charge in [0.25, 0.3) is 5.91 Å². The molecule has 0 bridgehead atoms. The first-order chi connectivity index (χ1) is 14.5. The summed E-state index contributed by atoms with van der Waals surface area (Å²) in [5, 5.41) is 3.01. The molecule has 2 aliphatic carbocycles. The second kappa shape index (κ2) is 7.27. The number of hydrogen-bond donors (Lipinski definition) is 1. The van der Waals surface area contributed by atoms with Gasteiger partial charge in [-0.2, -0.15) is 0 Å². The number of amides is 2. The Balaban J connectivity index is 1.53. The number of nitrogens with zero attached hydrogens (tertiary/aromatic N) is 2. The molecule has 6 heteroatoms. The summed E-state index contributed by atoms with van der Waals surface area (Å²) < 4.78 is 5.26. The normalized spacial score (nSPS) is 27.8. The fourth-order valence-electron chi connectivity index (χ4n) is 5.95. The minimum absolute atomic E-state index is 0.0181. The summed E-state index contributed by atoms with van der Waals surface area (Å²) in [4.78, 5) is 30.2. The van der Waals surface area contributed by atoms with Crippen molar-refractivity contribution in [2.24, 2.45) is 11.8 Å². The summed E-state index contributed by atoms with van der Waals surface area (Å²) in [5.41, 5.74) is 4.55. The van der Waals surface area contributed by atoms with Gasteiger partial charge in [-0.3, -0.25) is 9.59 Å². The van der Waals surface area contributed by atoms with E-state index in [1.54, 1.807) is 26.2 Å². The van der Waals surface area contributed by atoms with Gasteiger partial charge in [-0.15, -0.1) is 0 Å². The van der Waals surface area contributed by atoms with Crippen LogP contribution in [0.15, 0.2) is 30.3 Å². The average Bonchev–Trinajstić information content (AvgIpc) is 3.27. The average molecular weight is 408 g/mol. The lowest BCUT2D eigenvalue weighted by molar-refractivity contribution is -0.154. The Morgan fingerprint density at radius 2 is 1.83 bits per heavy atom. The van der Waals surface area contributed by atoms with Crippen molar-refractivity contribution in [1.82, 2.24) is 15.0 Å². The van der Waals surface area contributed by atoms with Crippen LogP contribution < -0.4 is 4.74 Å². The molecule has 5 rings (SSSR count). The predicted molar refractivity (Wildman–Crippen MR) is 113 cm³/mol. The van der Waals surface area contributed by atoms with Gasteiger partial charge < -0.3 is 9.72 Å². The number of hydrogen-bond acceptors (Lipinski definition) is 4. The molecule has 6 nitrogen and oxygen atoms in total. The molecule has 1 aliphatic heterocycles. The van der Waals surface area contributed by atoms with Gasteiger partial charge in [-0.1, -0.05) is 25.0 Å². The number of aromatic amines is 1. The minimum atomic E-state index is -0.352. The number of carbonyl (C=O) groups excluding carboxylic acids is 2. The Bertz CT molecular complexity index is 978. The number of aromatic nitrogens is 1. The summed E-state index contributed by atoms with van der Waals surface area (Å²) in [6.45, 7) is 0. The smallest absolute Gasteiger partial charge is 0.252 e. The zero-order chi connectivity index (χ0) is 21.0. The highest BCUT2D eigenvalue weighted by atomic mass is 16.5. The third-order valence-electron chi connectivity index (χ3n) is 7.20. The molecule has 4 atom stereocenters. The SMILES string of the molecule is COc1ccc(Cc2cc3c([nH]2)[C@@H]2CCCC[C@@H]2[C@@H]2C(=O)N(N(C)C)C(=O)[C@H]32)cc1. The highest BCUT2D eigenvalue weighted by Gasteiger charge is 2.58. The summed E-state index contributed by atoms with van der Waals surface area (Å²) in [6, 6.07) is 10.2. The van der Waals surface area contributed by atoms with Gasteiger partial charge in [0.1, 0.15) is 5.75 Å². The van der Waals surface area contributed by atoms with Crippen LogP contribution in [0.25, 0.3) is 0 Å². The molecule has 2 fully saturated rings. The highest BCUT2D eigenvalue weighted by molar-refractivity contribution is 6.08. The van der Waals surface area contributed by atoms with E-state index < -0.39 is 0 Å². The molecule has 1 saturated carbocycles. The maximum Gasteiger partial charge on any atom is 0.252 e. The van der Waals surface area contributed by atoms with Crippen molar-refractivity contribution in [2.45, 2.75) is 43.9 Å². The Labute approximate surface area is 177 Å². The van der Waals surface area contributed by atoms with Gasteiger partial charge in [-0.05, 0) is 48.1 Å². The molecule has 158 valence electrons. The number of methoxy groups -OCH3 is 1. The fraction of sp³-hybridized carbons (Fsp3) is 0.500. The third-order valence-corrected chi connectivity index (χ3v) is 7.20. The molecule has 2 heterocycles. The highest BCUT2D eigenvalue weighted by Crippen LogP contribution is 2.55. The monoisotopic (exact) mass is 407 g/mol. The number of nitrogens with one attached hydrogen (secondary N) is 1. The number of ether oxygens (including phenoxy) is 1. The Morgan fingerprint density at radius 3 is 2.53 bits per heavy atom. The lowest BCUT2D eigenvalue weighted by atomic mass is 9.62. The molecule has 0 radical (unpaired) electrons. The van der Waals surface area contributed by atoms with Crippen molar-refractivity contribution in [3.8, 4) is 5.75 Å². The van der Waals surface area contributed by atoms with Crippen LogP contribution in [0.4, 0.5) is 0 Å². The molecule has 0 unspecified atom stereocenters. The maximum atomic E-state index is 13.3. The molecule has 30 heavy (non-hydrogen) atoms. The summed E-state index contributed by atoms with van der Waals surface area (Å²) in [7, 11) is 5.22. The van der Waals surface area contributed by atoms with Crippen LogP contribution in [-0.2, 0) is 16.0 Å². The van der Waals surface area contributed by atoms with E-state index in [4.69, 9.17) is 4.74 Å². The van der Waals surface area contributed by atoms with Gasteiger partial charge in [0.05, 0.1) is 18.9 Å². The van der Waals surface area contributed by atoms with Gasteiger partial charge in [0.15, 0.2) is 0 Å². The zero-order valence-electron chi connectivity index (χ0n) is 17.9. The number of imide groups is 1. The first-order valence-corrected chi connectivity index (χ1v) is 10.9. The van der Waals surface area contributed by atoms with Gasteiger partial charge in [-0.25, -0.2) is 10.0 Å². The standard InChI is InChI=1S/C24H29N3O3/c1-26(2)27-23(28)20-17-6-4-5-7-18(17)22-19(21(20)24(27)29)13-15(25-22)12-14-8-10-16(30-3)11-9-14/h8-11,13,17-18,20-21,25H,4-7,12H2,1-3H3/t17-,18+,20-,21+/m0/s1. The van der Waals surface area contributed by atoms with E-state index in [1.807, 2.05) is 12.1 Å². The number of rotatable bonds is 4. The van der Waals surface area contributed by atoms with Crippen molar-refractivity contribution in [2.75, 3.05) is 21.2 Å². The molecule has 1 aromatic heterocycles. The molecular weight excluding hydrogens is 378 g/mol. The van der Waals surface area contributed by atoms with E-state index in [0.29, 0.717) is 5.92 Å². The zero-order valence-corrected chi connectivity index (χ0v) is 17.9. The second-order valence-electron chi connectivity index (χ2n) is 9.08. The van der Waals surface area contributed by atoms with Crippen LogP contribution in [0.2, 0.25) is 0 Å². The molecular formula is C24H29N3O3. The summed E-state index contributed by atoms with van der Waals surface area (Å²) in [5.74, 6) is 0.781. The fourth-order valence-corrected chi connectivity index (χ4v) is 5.95. The van der Waals surface area contributed by atoms with Crippen LogP contribution in [0.5, 0.6) is 5.75 Å². The van der Waals surface area contributed by atoms with Crippen LogP contribution in [0.3, 0.4) is 0 Å². The Kier molecular flexibility index (Phi) is 4.69. The van der Waals surface area contributed by atoms with Crippen molar-refractivity contribution >= 4 is 11.8 Å². The van der Waals surface area contributed by atoms with E-state index >= 15 is 0 Å². The lowest BCUT2D eigenvalue weighted by Gasteiger charge is -2.40. The first kappa shape index (κ1) is 19.4. The molecule has 2 amide bonds. The molecule has 1 N–H and O–H groups in total. The number of H-pyrrole nitrogens is 1. The van der Waals surface area contributed by atoms with Crippen LogP contribution in [0, 0.1) is 11.8 Å². The molecule has 1 aromatic carbocycles. The lowest BCUT2D eigenvalue weighted by Crippen LogP contribution is -2.43. The largest absolute Gasteiger partial charge is 0.497 e. The summed E-state index contributed by atoms with van der Waals surface area (Å²) in [6.07, 6.45) is 5.21. The number of fused-ring (bicyclic) bond motifs is 6. The first-order valence-electron chi connectivity index (χ1n) is 10.9. The molecule has 1 saturated heterocycles.